The summed E-state index contributed by atoms with van der Waals surface area (Å²) < 4.78 is 27.3. The third-order valence-corrected chi connectivity index (χ3v) is 5.48. The summed E-state index contributed by atoms with van der Waals surface area (Å²) in [5, 5.41) is 3.42. The molecule has 0 unspecified atom stereocenters. The predicted octanol–water partition coefficient (Wildman–Crippen LogP) is 3.59. The SMILES string of the molecule is CC(C)CCNC(=O)c1ccc(S(=O)(=O)NCc2ccc(Cl)cc2)cc1. The van der Waals surface area contributed by atoms with Crippen LogP contribution in [0, 0.1) is 5.92 Å². The monoisotopic (exact) mass is 394 g/mol. The molecular formula is C19H23ClN2O3S. The van der Waals surface area contributed by atoms with E-state index in [1.807, 2.05) is 0 Å². The maximum Gasteiger partial charge on any atom is 0.251 e. The molecule has 0 fully saturated rings. The summed E-state index contributed by atoms with van der Waals surface area (Å²) in [7, 11) is -3.65. The van der Waals surface area contributed by atoms with E-state index in [0.717, 1.165) is 12.0 Å². The number of benzene rings is 2. The highest BCUT2D eigenvalue weighted by atomic mass is 35.5. The zero-order valence-electron chi connectivity index (χ0n) is 14.8. The van der Waals surface area contributed by atoms with Crippen LogP contribution in [0.5, 0.6) is 0 Å². The van der Waals surface area contributed by atoms with Gasteiger partial charge in [-0.2, -0.15) is 0 Å². The molecule has 0 spiro atoms. The van der Waals surface area contributed by atoms with E-state index < -0.39 is 10.0 Å². The second kappa shape index (κ2) is 9.16. The van der Waals surface area contributed by atoms with E-state index in [4.69, 9.17) is 11.6 Å². The van der Waals surface area contributed by atoms with Gasteiger partial charge in [-0.3, -0.25) is 4.79 Å². The number of nitrogens with one attached hydrogen (secondary N) is 2. The van der Waals surface area contributed by atoms with Crippen molar-refractivity contribution in [3.8, 4) is 0 Å². The van der Waals surface area contributed by atoms with E-state index in [-0.39, 0.29) is 17.3 Å². The summed E-state index contributed by atoms with van der Waals surface area (Å²) >= 11 is 5.81. The van der Waals surface area contributed by atoms with Crippen LogP contribution in [-0.2, 0) is 16.6 Å². The van der Waals surface area contributed by atoms with Gasteiger partial charge in [-0.1, -0.05) is 37.6 Å². The molecule has 0 aliphatic heterocycles. The lowest BCUT2D eigenvalue weighted by atomic mass is 10.1. The topological polar surface area (TPSA) is 75.3 Å². The van der Waals surface area contributed by atoms with Crippen LogP contribution in [0.3, 0.4) is 0 Å². The van der Waals surface area contributed by atoms with Crippen molar-refractivity contribution in [1.82, 2.24) is 10.0 Å². The minimum absolute atomic E-state index is 0.116. The zero-order chi connectivity index (χ0) is 19.2. The molecule has 0 aromatic heterocycles. The fourth-order valence-corrected chi connectivity index (χ4v) is 3.37. The first kappa shape index (κ1) is 20.4. The first-order chi connectivity index (χ1) is 12.3. The fraction of sp³-hybridized carbons (Fsp3) is 0.316. The minimum atomic E-state index is -3.65. The summed E-state index contributed by atoms with van der Waals surface area (Å²) in [5.74, 6) is 0.304. The third-order valence-electron chi connectivity index (χ3n) is 3.81. The van der Waals surface area contributed by atoms with Gasteiger partial charge in [0.05, 0.1) is 4.90 Å². The molecule has 26 heavy (non-hydrogen) atoms. The molecule has 0 bridgehead atoms. The molecule has 0 saturated heterocycles. The van der Waals surface area contributed by atoms with Crippen LogP contribution in [0.25, 0.3) is 0 Å². The van der Waals surface area contributed by atoms with Crippen molar-refractivity contribution in [2.75, 3.05) is 6.54 Å². The Balaban J connectivity index is 1.97. The van der Waals surface area contributed by atoms with Crippen LogP contribution in [0.2, 0.25) is 5.02 Å². The molecule has 2 aromatic carbocycles. The van der Waals surface area contributed by atoms with Crippen molar-refractivity contribution in [2.24, 2.45) is 5.92 Å². The Morgan fingerprint density at radius 2 is 1.65 bits per heavy atom. The van der Waals surface area contributed by atoms with Gasteiger partial charge < -0.3 is 5.32 Å². The van der Waals surface area contributed by atoms with Crippen LogP contribution < -0.4 is 10.0 Å². The zero-order valence-corrected chi connectivity index (χ0v) is 16.4. The average molecular weight is 395 g/mol. The number of hydrogen-bond donors (Lipinski definition) is 2. The standard InChI is InChI=1S/C19H23ClN2O3S/c1-14(2)11-12-21-19(23)16-5-9-18(10-6-16)26(24,25)22-13-15-3-7-17(20)8-4-15/h3-10,14,22H,11-13H2,1-2H3,(H,21,23). The fourth-order valence-electron chi connectivity index (χ4n) is 2.23. The Hall–Kier alpha value is -1.89. The van der Waals surface area contributed by atoms with E-state index in [9.17, 15) is 13.2 Å². The quantitative estimate of drug-likeness (QED) is 0.718. The Kier molecular flexibility index (Phi) is 7.20. The Labute approximate surface area is 159 Å². The van der Waals surface area contributed by atoms with Crippen LogP contribution >= 0.6 is 11.6 Å². The summed E-state index contributed by atoms with van der Waals surface area (Å²) in [6.45, 7) is 4.93. The second-order valence-corrected chi connectivity index (χ2v) is 8.62. The molecule has 0 atom stereocenters. The van der Waals surface area contributed by atoms with Crippen LogP contribution in [-0.4, -0.2) is 20.9 Å². The molecule has 0 radical (unpaired) electrons. The minimum Gasteiger partial charge on any atom is -0.352 e. The van der Waals surface area contributed by atoms with Crippen molar-refractivity contribution in [1.29, 1.82) is 0 Å². The van der Waals surface area contributed by atoms with Crippen LogP contribution in [0.4, 0.5) is 0 Å². The number of carbonyl (C=O) groups excluding carboxylic acids is 1. The highest BCUT2D eigenvalue weighted by Crippen LogP contribution is 2.13. The van der Waals surface area contributed by atoms with Gasteiger partial charge in [-0.25, -0.2) is 13.1 Å². The second-order valence-electron chi connectivity index (χ2n) is 6.41. The van der Waals surface area contributed by atoms with Gasteiger partial charge >= 0.3 is 0 Å². The van der Waals surface area contributed by atoms with Gasteiger partial charge in [-0.05, 0) is 54.3 Å². The summed E-state index contributed by atoms with van der Waals surface area (Å²) in [6, 6.07) is 12.8. The van der Waals surface area contributed by atoms with Gasteiger partial charge in [0.2, 0.25) is 10.0 Å². The molecule has 0 aliphatic rings. The molecule has 2 rings (SSSR count). The third kappa shape index (κ3) is 6.12. The number of halogens is 1. The van der Waals surface area contributed by atoms with E-state index in [2.05, 4.69) is 23.9 Å². The smallest absolute Gasteiger partial charge is 0.251 e. The van der Waals surface area contributed by atoms with Crippen LogP contribution in [0.15, 0.2) is 53.4 Å². The van der Waals surface area contributed by atoms with Gasteiger partial charge in [0.15, 0.2) is 0 Å². The first-order valence-electron chi connectivity index (χ1n) is 8.40. The molecule has 0 heterocycles. The predicted molar refractivity (Wildman–Crippen MR) is 104 cm³/mol. The van der Waals surface area contributed by atoms with Gasteiger partial charge in [-0.15, -0.1) is 0 Å². The molecule has 0 aliphatic carbocycles. The van der Waals surface area contributed by atoms with Crippen LogP contribution in [0.1, 0.15) is 36.2 Å². The summed E-state index contributed by atoms with van der Waals surface area (Å²) in [5.41, 5.74) is 1.24. The molecule has 1 amide bonds. The average Bonchev–Trinajstić information content (AvgIpc) is 2.61. The molecule has 7 heteroatoms. The van der Waals surface area contributed by atoms with Gasteiger partial charge in [0, 0.05) is 23.7 Å². The Morgan fingerprint density at radius 3 is 2.23 bits per heavy atom. The van der Waals surface area contributed by atoms with Crippen molar-refractivity contribution < 1.29 is 13.2 Å². The lowest BCUT2D eigenvalue weighted by Crippen LogP contribution is -2.26. The summed E-state index contributed by atoms with van der Waals surface area (Å²) in [6.07, 6.45) is 0.896. The van der Waals surface area contributed by atoms with E-state index in [1.54, 1.807) is 24.3 Å². The van der Waals surface area contributed by atoms with Gasteiger partial charge in [0.1, 0.15) is 0 Å². The molecule has 2 aromatic rings. The van der Waals surface area contributed by atoms with Crippen molar-refractivity contribution in [3.63, 3.8) is 0 Å². The largest absolute Gasteiger partial charge is 0.352 e. The number of hydrogen-bond acceptors (Lipinski definition) is 3. The lowest BCUT2D eigenvalue weighted by Gasteiger charge is -2.09. The van der Waals surface area contributed by atoms with Gasteiger partial charge in [0.25, 0.3) is 5.91 Å². The molecule has 140 valence electrons. The van der Waals surface area contributed by atoms with Crippen molar-refractivity contribution in [3.05, 3.63) is 64.7 Å². The highest BCUT2D eigenvalue weighted by Gasteiger charge is 2.15. The molecule has 5 nitrogen and oxygen atoms in total. The maximum atomic E-state index is 12.4. The number of carbonyl (C=O) groups is 1. The van der Waals surface area contributed by atoms with Crippen molar-refractivity contribution in [2.45, 2.75) is 31.7 Å². The van der Waals surface area contributed by atoms with E-state index >= 15 is 0 Å². The number of rotatable bonds is 8. The maximum absolute atomic E-state index is 12.4. The highest BCUT2D eigenvalue weighted by molar-refractivity contribution is 7.89. The number of amides is 1. The normalized spacial score (nSPS) is 11.5. The summed E-state index contributed by atoms with van der Waals surface area (Å²) in [4.78, 5) is 12.2. The molecular weight excluding hydrogens is 372 g/mol. The molecule has 2 N–H and O–H groups in total. The first-order valence-corrected chi connectivity index (χ1v) is 10.3. The van der Waals surface area contributed by atoms with Crippen molar-refractivity contribution >= 4 is 27.5 Å². The molecule has 0 saturated carbocycles. The van der Waals surface area contributed by atoms with E-state index in [1.165, 1.54) is 24.3 Å². The lowest BCUT2D eigenvalue weighted by molar-refractivity contribution is 0.0952. The van der Waals surface area contributed by atoms with E-state index in [0.29, 0.717) is 23.0 Å². The Morgan fingerprint density at radius 1 is 1.04 bits per heavy atom. The Bertz CT molecular complexity index is 832. The number of sulfonamides is 1.